The van der Waals surface area contributed by atoms with Gasteiger partial charge in [-0.25, -0.2) is 0 Å². The van der Waals surface area contributed by atoms with E-state index in [2.05, 4.69) is 10.2 Å². The molecule has 0 fully saturated rings. The zero-order valence-corrected chi connectivity index (χ0v) is 17.5. The van der Waals surface area contributed by atoms with Crippen molar-refractivity contribution in [3.63, 3.8) is 0 Å². The molecule has 5 nitrogen and oxygen atoms in total. The molecule has 0 atom stereocenters. The van der Waals surface area contributed by atoms with Gasteiger partial charge in [0.25, 0.3) is 0 Å². The second-order valence-electron chi connectivity index (χ2n) is 5.79. The molecule has 0 aliphatic rings. The summed E-state index contributed by atoms with van der Waals surface area (Å²) in [6.45, 7) is 0.458. The molecule has 28 heavy (non-hydrogen) atoms. The maximum absolute atomic E-state index is 12.4. The van der Waals surface area contributed by atoms with Gasteiger partial charge in [0, 0.05) is 10.6 Å². The van der Waals surface area contributed by atoms with Crippen molar-refractivity contribution < 1.29 is 9.21 Å². The van der Waals surface area contributed by atoms with Crippen LogP contribution in [-0.2, 0) is 6.54 Å². The second kappa shape index (κ2) is 8.53. The number of halogens is 2. The number of thioether (sulfide) groups is 1. The Labute approximate surface area is 179 Å². The maximum Gasteiger partial charge on any atom is 0.192 e. The monoisotopic (exact) mass is 449 g/mol. The fourth-order valence-corrected chi connectivity index (χ4v) is 4.59. The van der Waals surface area contributed by atoms with E-state index in [0.29, 0.717) is 31.8 Å². The maximum atomic E-state index is 12.4. The molecule has 9 heteroatoms. The highest BCUT2D eigenvalue weighted by Crippen LogP contribution is 2.28. The quantitative estimate of drug-likeness (QED) is 0.258. The first-order chi connectivity index (χ1) is 13.6. The molecule has 0 saturated heterocycles. The number of benzene rings is 1. The largest absolute Gasteiger partial charge is 0.467 e. The zero-order chi connectivity index (χ0) is 19.5. The smallest absolute Gasteiger partial charge is 0.192 e. The summed E-state index contributed by atoms with van der Waals surface area (Å²) in [5.41, 5.74) is 0.881. The van der Waals surface area contributed by atoms with Crippen LogP contribution in [0.25, 0.3) is 11.4 Å². The first kappa shape index (κ1) is 19.3. The minimum absolute atomic E-state index is 0.00231. The molecule has 4 aromatic rings. The summed E-state index contributed by atoms with van der Waals surface area (Å²) in [7, 11) is 0. The fourth-order valence-electron chi connectivity index (χ4n) is 2.57. The highest BCUT2D eigenvalue weighted by molar-refractivity contribution is 7.99. The van der Waals surface area contributed by atoms with Crippen LogP contribution in [-0.4, -0.2) is 26.3 Å². The van der Waals surface area contributed by atoms with Crippen molar-refractivity contribution in [3.8, 4) is 11.4 Å². The molecule has 0 spiro atoms. The standard InChI is InChI=1S/C19H13Cl2N3O2S2/c20-13-5-3-12(4-6-13)18-22-23-19(24(18)10-14-2-1-9-26-14)27-11-15(25)16-7-8-17(21)28-16/h1-9H,10-11H2. The molecule has 1 aromatic carbocycles. The Hall–Kier alpha value is -2.06. The molecule has 3 aromatic heterocycles. The lowest BCUT2D eigenvalue weighted by molar-refractivity contribution is 0.102. The molecule has 0 aliphatic carbocycles. The van der Waals surface area contributed by atoms with Crippen LogP contribution >= 0.6 is 46.3 Å². The minimum Gasteiger partial charge on any atom is -0.467 e. The molecule has 0 radical (unpaired) electrons. The summed E-state index contributed by atoms with van der Waals surface area (Å²) in [5.74, 6) is 1.70. The van der Waals surface area contributed by atoms with Crippen LogP contribution in [0.5, 0.6) is 0 Å². The van der Waals surface area contributed by atoms with Crippen molar-refractivity contribution in [3.05, 3.63) is 74.8 Å². The third-order valence-corrected chi connectivity index (χ3v) is 6.38. The van der Waals surface area contributed by atoms with E-state index in [9.17, 15) is 4.79 Å². The number of rotatable bonds is 7. The number of nitrogens with zero attached hydrogens (tertiary/aromatic N) is 3. The second-order valence-corrected chi connectivity index (χ2v) is 8.89. The normalized spacial score (nSPS) is 11.1. The molecule has 0 aliphatic heterocycles. The van der Waals surface area contributed by atoms with Gasteiger partial charge in [0.1, 0.15) is 5.76 Å². The van der Waals surface area contributed by atoms with Gasteiger partial charge in [0.05, 0.1) is 27.8 Å². The van der Waals surface area contributed by atoms with E-state index in [-0.39, 0.29) is 11.5 Å². The van der Waals surface area contributed by atoms with Crippen molar-refractivity contribution in [2.75, 3.05) is 5.75 Å². The summed E-state index contributed by atoms with van der Waals surface area (Å²) in [6, 6.07) is 14.6. The van der Waals surface area contributed by atoms with Gasteiger partial charge in [-0.2, -0.15) is 0 Å². The fraction of sp³-hybridized carbons (Fsp3) is 0.105. The van der Waals surface area contributed by atoms with Gasteiger partial charge in [-0.1, -0.05) is 35.0 Å². The number of carbonyl (C=O) groups is 1. The van der Waals surface area contributed by atoms with Crippen molar-refractivity contribution in [2.45, 2.75) is 11.7 Å². The highest BCUT2D eigenvalue weighted by Gasteiger charge is 2.18. The molecule has 0 bridgehead atoms. The van der Waals surface area contributed by atoms with Crippen LogP contribution in [0.2, 0.25) is 9.36 Å². The van der Waals surface area contributed by atoms with E-state index in [4.69, 9.17) is 27.6 Å². The van der Waals surface area contributed by atoms with Crippen LogP contribution in [0, 0.1) is 0 Å². The van der Waals surface area contributed by atoms with E-state index < -0.39 is 0 Å². The predicted molar refractivity (Wildman–Crippen MR) is 113 cm³/mol. The highest BCUT2D eigenvalue weighted by atomic mass is 35.5. The predicted octanol–water partition coefficient (Wildman–Crippen LogP) is 5.93. The van der Waals surface area contributed by atoms with Crippen molar-refractivity contribution >= 4 is 52.1 Å². The summed E-state index contributed by atoms with van der Waals surface area (Å²) in [4.78, 5) is 13.0. The average molecular weight is 450 g/mol. The molecule has 0 N–H and O–H groups in total. The molecule has 3 heterocycles. The van der Waals surface area contributed by atoms with Gasteiger partial charge in [-0.05, 0) is 48.5 Å². The van der Waals surface area contributed by atoms with Gasteiger partial charge in [0.2, 0.25) is 0 Å². The van der Waals surface area contributed by atoms with Gasteiger partial charge >= 0.3 is 0 Å². The third-order valence-electron chi connectivity index (χ3n) is 3.89. The first-order valence-corrected chi connectivity index (χ1v) is 10.8. The lowest BCUT2D eigenvalue weighted by atomic mass is 10.2. The molecule has 0 saturated carbocycles. The number of ketones is 1. The first-order valence-electron chi connectivity index (χ1n) is 8.23. The van der Waals surface area contributed by atoms with E-state index in [1.54, 1.807) is 30.5 Å². The van der Waals surface area contributed by atoms with Gasteiger partial charge < -0.3 is 4.42 Å². The van der Waals surface area contributed by atoms with Crippen LogP contribution in [0.1, 0.15) is 15.4 Å². The minimum atomic E-state index is 0.00231. The van der Waals surface area contributed by atoms with E-state index in [1.165, 1.54) is 23.1 Å². The third kappa shape index (κ3) is 4.33. The summed E-state index contributed by atoms with van der Waals surface area (Å²) < 4.78 is 8.01. The van der Waals surface area contributed by atoms with Gasteiger partial charge in [-0.15, -0.1) is 21.5 Å². The lowest BCUT2D eigenvalue weighted by Crippen LogP contribution is -2.06. The van der Waals surface area contributed by atoms with Crippen LogP contribution in [0.15, 0.2) is 64.4 Å². The van der Waals surface area contributed by atoms with Crippen LogP contribution < -0.4 is 0 Å². The number of carbonyl (C=O) groups excluding carboxylic acids is 1. The Morgan fingerprint density at radius 3 is 2.61 bits per heavy atom. The Morgan fingerprint density at radius 2 is 1.93 bits per heavy atom. The average Bonchev–Trinajstić information content (AvgIpc) is 3.43. The summed E-state index contributed by atoms with van der Waals surface area (Å²) in [5, 5.41) is 9.91. The Morgan fingerprint density at radius 1 is 1.11 bits per heavy atom. The van der Waals surface area contributed by atoms with E-state index in [1.807, 2.05) is 28.8 Å². The molecule has 4 rings (SSSR count). The van der Waals surface area contributed by atoms with Crippen molar-refractivity contribution in [1.29, 1.82) is 0 Å². The number of Topliss-reactive ketones (excluding diaryl/α,β-unsaturated/α-hetero) is 1. The van der Waals surface area contributed by atoms with Crippen molar-refractivity contribution in [1.82, 2.24) is 14.8 Å². The molecular formula is C19H13Cl2N3O2S2. The Kier molecular flexibility index (Phi) is 5.87. The van der Waals surface area contributed by atoms with Gasteiger partial charge in [0.15, 0.2) is 16.8 Å². The number of thiophene rings is 1. The Bertz CT molecular complexity index is 1090. The zero-order valence-electron chi connectivity index (χ0n) is 14.3. The number of hydrogen-bond donors (Lipinski definition) is 0. The summed E-state index contributed by atoms with van der Waals surface area (Å²) in [6.07, 6.45) is 1.62. The summed E-state index contributed by atoms with van der Waals surface area (Å²) >= 11 is 14.5. The number of aromatic nitrogens is 3. The van der Waals surface area contributed by atoms with Crippen molar-refractivity contribution in [2.24, 2.45) is 0 Å². The van der Waals surface area contributed by atoms with E-state index in [0.717, 1.165) is 11.3 Å². The molecular weight excluding hydrogens is 437 g/mol. The topological polar surface area (TPSA) is 60.9 Å². The van der Waals surface area contributed by atoms with E-state index >= 15 is 0 Å². The van der Waals surface area contributed by atoms with Gasteiger partial charge in [-0.3, -0.25) is 9.36 Å². The van der Waals surface area contributed by atoms with Crippen LogP contribution in [0.3, 0.4) is 0 Å². The molecule has 0 amide bonds. The Balaban J connectivity index is 1.60. The number of hydrogen-bond acceptors (Lipinski definition) is 6. The van der Waals surface area contributed by atoms with Crippen LogP contribution in [0.4, 0.5) is 0 Å². The molecule has 142 valence electrons. The lowest BCUT2D eigenvalue weighted by Gasteiger charge is -2.08. The molecule has 0 unspecified atom stereocenters. The SMILES string of the molecule is O=C(CSc1nnc(-c2ccc(Cl)cc2)n1Cc1ccco1)c1ccc(Cl)s1. The number of furan rings is 1.